The summed E-state index contributed by atoms with van der Waals surface area (Å²) in [7, 11) is 0. The van der Waals surface area contributed by atoms with E-state index in [0.29, 0.717) is 22.2 Å². The molecule has 3 aromatic rings. The van der Waals surface area contributed by atoms with Crippen LogP contribution in [0.15, 0.2) is 70.5 Å². The lowest BCUT2D eigenvalue weighted by atomic mass is 10.0. The zero-order valence-corrected chi connectivity index (χ0v) is 18.6. The number of amides is 1. The molecule has 0 saturated carbocycles. The van der Waals surface area contributed by atoms with Gasteiger partial charge in [-0.2, -0.15) is 0 Å². The number of hydrogen-bond acceptors (Lipinski definition) is 3. The van der Waals surface area contributed by atoms with Crippen LogP contribution in [0, 0.1) is 0 Å². The lowest BCUT2D eigenvalue weighted by Crippen LogP contribution is -2.14. The molecule has 28 heavy (non-hydrogen) atoms. The fourth-order valence-electron chi connectivity index (χ4n) is 2.81. The molecule has 0 aromatic heterocycles. The molecule has 0 heterocycles. The van der Waals surface area contributed by atoms with E-state index in [1.807, 2.05) is 61.0 Å². The van der Waals surface area contributed by atoms with E-state index >= 15 is 0 Å². The van der Waals surface area contributed by atoms with Crippen LogP contribution in [-0.4, -0.2) is 18.4 Å². The summed E-state index contributed by atoms with van der Waals surface area (Å²) in [5.74, 6) is -0.110. The molecule has 2 nitrogen and oxygen atoms in total. The van der Waals surface area contributed by atoms with Crippen molar-refractivity contribution < 1.29 is 4.79 Å². The maximum Gasteiger partial charge on any atom is 0.228 e. The Kier molecular flexibility index (Phi) is 7.36. The van der Waals surface area contributed by atoms with E-state index in [0.717, 1.165) is 16.7 Å². The van der Waals surface area contributed by atoms with Crippen LogP contribution >= 0.6 is 46.7 Å². The average molecular weight is 448 g/mol. The smallest absolute Gasteiger partial charge is 0.228 e. The number of hydrogen-bond donors (Lipinski definition) is 1. The quantitative estimate of drug-likeness (QED) is 0.402. The third kappa shape index (κ3) is 5.26. The largest absolute Gasteiger partial charge is 0.326 e. The predicted octanol–water partition coefficient (Wildman–Crippen LogP) is 7.29. The van der Waals surface area contributed by atoms with Gasteiger partial charge in [0.25, 0.3) is 0 Å². The van der Waals surface area contributed by atoms with Crippen molar-refractivity contribution in [2.75, 3.05) is 17.8 Å². The number of halogens is 2. The third-order valence-electron chi connectivity index (χ3n) is 4.23. The Balaban J connectivity index is 1.74. The second kappa shape index (κ2) is 9.75. The molecule has 0 bridgehead atoms. The summed E-state index contributed by atoms with van der Waals surface area (Å²) in [5, 5.41) is 3.89. The van der Waals surface area contributed by atoms with Gasteiger partial charge >= 0.3 is 0 Å². The van der Waals surface area contributed by atoms with Gasteiger partial charge in [-0.05, 0) is 60.0 Å². The molecule has 3 rings (SSSR count). The number of benzene rings is 3. The van der Waals surface area contributed by atoms with Crippen molar-refractivity contribution in [1.29, 1.82) is 0 Å². The Hall–Kier alpha value is -1.59. The number of carbonyl (C=O) groups excluding carboxylic acids is 1. The summed E-state index contributed by atoms with van der Waals surface area (Å²) in [6, 6.07) is 19.5. The van der Waals surface area contributed by atoms with E-state index in [2.05, 4.69) is 5.32 Å². The molecule has 0 saturated heterocycles. The number of carbonyl (C=O) groups is 1. The van der Waals surface area contributed by atoms with Crippen molar-refractivity contribution in [3.8, 4) is 11.1 Å². The first-order chi connectivity index (χ1) is 13.5. The van der Waals surface area contributed by atoms with E-state index in [4.69, 9.17) is 23.2 Å². The highest BCUT2D eigenvalue weighted by Gasteiger charge is 2.13. The van der Waals surface area contributed by atoms with Gasteiger partial charge in [0.1, 0.15) is 0 Å². The van der Waals surface area contributed by atoms with Gasteiger partial charge in [-0.25, -0.2) is 0 Å². The molecule has 1 N–H and O–H groups in total. The first-order valence-electron chi connectivity index (χ1n) is 8.56. The lowest BCUT2D eigenvalue weighted by molar-refractivity contribution is -0.115. The van der Waals surface area contributed by atoms with Crippen LogP contribution in [0.25, 0.3) is 11.1 Å². The van der Waals surface area contributed by atoms with Crippen molar-refractivity contribution in [3.63, 3.8) is 0 Å². The molecule has 3 aromatic carbocycles. The van der Waals surface area contributed by atoms with Crippen molar-refractivity contribution in [1.82, 2.24) is 0 Å². The van der Waals surface area contributed by atoms with Crippen LogP contribution in [0.3, 0.4) is 0 Å². The van der Waals surface area contributed by atoms with Crippen molar-refractivity contribution in [3.05, 3.63) is 76.3 Å². The summed E-state index contributed by atoms with van der Waals surface area (Å²) >= 11 is 16.3. The van der Waals surface area contributed by atoms with Gasteiger partial charge in [0.15, 0.2) is 0 Å². The van der Waals surface area contributed by atoms with E-state index in [-0.39, 0.29) is 5.91 Å². The standard InChI is InChI=1S/C22H19Cl2NOS2/c1-27-17-7-3-14(4-8-17)11-21(26)25-16-12-19(23)22(20(24)13-16)15-5-9-18(28-2)10-6-15/h3-10,12-13H,11H2,1-2H3,(H,25,26). The fraction of sp³-hybridized carbons (Fsp3) is 0.136. The zero-order valence-electron chi connectivity index (χ0n) is 15.5. The molecule has 0 aliphatic heterocycles. The highest BCUT2D eigenvalue weighted by molar-refractivity contribution is 7.98. The number of rotatable bonds is 6. The van der Waals surface area contributed by atoms with Crippen LogP contribution < -0.4 is 5.32 Å². The summed E-state index contributed by atoms with van der Waals surface area (Å²) in [6.07, 6.45) is 4.35. The summed E-state index contributed by atoms with van der Waals surface area (Å²) < 4.78 is 0. The SMILES string of the molecule is CSc1ccc(CC(=O)Nc2cc(Cl)c(-c3ccc(SC)cc3)c(Cl)c2)cc1. The number of thioether (sulfide) groups is 2. The van der Waals surface area contributed by atoms with Gasteiger partial charge in [0, 0.05) is 21.0 Å². The maximum absolute atomic E-state index is 12.4. The normalized spacial score (nSPS) is 10.7. The molecule has 0 fully saturated rings. The van der Waals surface area contributed by atoms with E-state index in [9.17, 15) is 4.79 Å². The first kappa shape index (κ1) is 21.1. The Bertz CT molecular complexity index is 950. The second-order valence-corrected chi connectivity index (χ2v) is 8.69. The van der Waals surface area contributed by atoms with Gasteiger partial charge < -0.3 is 5.32 Å². The minimum Gasteiger partial charge on any atom is -0.326 e. The third-order valence-corrected chi connectivity index (χ3v) is 6.31. The van der Waals surface area contributed by atoms with Crippen molar-refractivity contribution in [2.24, 2.45) is 0 Å². The molecule has 0 aliphatic rings. The minimum atomic E-state index is -0.110. The number of anilines is 1. The Morgan fingerprint density at radius 3 is 1.86 bits per heavy atom. The Labute approximate surface area is 184 Å². The second-order valence-electron chi connectivity index (χ2n) is 6.12. The van der Waals surface area contributed by atoms with E-state index < -0.39 is 0 Å². The molecule has 0 spiro atoms. The first-order valence-corrected chi connectivity index (χ1v) is 11.8. The molecule has 0 radical (unpaired) electrons. The molecular formula is C22H19Cl2NOS2. The Morgan fingerprint density at radius 2 is 1.36 bits per heavy atom. The van der Waals surface area contributed by atoms with E-state index in [1.54, 1.807) is 35.7 Å². The fourth-order valence-corrected chi connectivity index (χ4v) is 4.33. The predicted molar refractivity (Wildman–Crippen MR) is 124 cm³/mol. The molecule has 0 aliphatic carbocycles. The molecule has 144 valence electrons. The maximum atomic E-state index is 12.4. The molecule has 0 unspecified atom stereocenters. The lowest BCUT2D eigenvalue weighted by Gasteiger charge is -2.12. The number of nitrogens with one attached hydrogen (secondary N) is 1. The molecular weight excluding hydrogens is 429 g/mol. The van der Waals surface area contributed by atoms with Crippen LogP contribution in [0.2, 0.25) is 10.0 Å². The summed E-state index contributed by atoms with van der Waals surface area (Å²) in [5.41, 5.74) is 3.25. The van der Waals surface area contributed by atoms with Gasteiger partial charge in [0.2, 0.25) is 5.91 Å². The molecule has 0 atom stereocenters. The van der Waals surface area contributed by atoms with Crippen LogP contribution in [0.4, 0.5) is 5.69 Å². The monoisotopic (exact) mass is 447 g/mol. The molecule has 6 heteroatoms. The molecule has 1 amide bonds. The topological polar surface area (TPSA) is 29.1 Å². The van der Waals surface area contributed by atoms with Crippen molar-refractivity contribution >= 4 is 58.3 Å². The minimum absolute atomic E-state index is 0.110. The van der Waals surface area contributed by atoms with Gasteiger partial charge in [-0.15, -0.1) is 23.5 Å². The van der Waals surface area contributed by atoms with Crippen LogP contribution in [0.1, 0.15) is 5.56 Å². The van der Waals surface area contributed by atoms with Gasteiger partial charge in [-0.3, -0.25) is 4.79 Å². The van der Waals surface area contributed by atoms with Crippen molar-refractivity contribution in [2.45, 2.75) is 16.2 Å². The van der Waals surface area contributed by atoms with Gasteiger partial charge in [-0.1, -0.05) is 47.5 Å². The average Bonchev–Trinajstić information content (AvgIpc) is 2.68. The van der Waals surface area contributed by atoms with Crippen LogP contribution in [-0.2, 0) is 11.2 Å². The zero-order chi connectivity index (χ0) is 20.1. The van der Waals surface area contributed by atoms with Gasteiger partial charge in [0.05, 0.1) is 16.5 Å². The summed E-state index contributed by atoms with van der Waals surface area (Å²) in [6.45, 7) is 0. The summed E-state index contributed by atoms with van der Waals surface area (Å²) in [4.78, 5) is 14.7. The Morgan fingerprint density at radius 1 is 0.857 bits per heavy atom. The van der Waals surface area contributed by atoms with Crippen LogP contribution in [0.5, 0.6) is 0 Å². The highest BCUT2D eigenvalue weighted by atomic mass is 35.5. The van der Waals surface area contributed by atoms with E-state index in [1.165, 1.54) is 9.79 Å². The highest BCUT2D eigenvalue weighted by Crippen LogP contribution is 2.38.